The van der Waals surface area contributed by atoms with Crippen LogP contribution in [-0.4, -0.2) is 17.4 Å². The zero-order valence-corrected chi connectivity index (χ0v) is 10.5. The minimum Gasteiger partial charge on any atom is -0.490 e. The summed E-state index contributed by atoms with van der Waals surface area (Å²) in [7, 11) is 0. The third kappa shape index (κ3) is 2.56. The lowest BCUT2D eigenvalue weighted by Gasteiger charge is -2.37. The first-order valence-electron chi connectivity index (χ1n) is 6.73. The average Bonchev–Trinajstić information content (AvgIpc) is 3.12. The number of hydrogen-bond acceptors (Lipinski definition) is 3. The Balaban J connectivity index is 1.62. The Morgan fingerprint density at radius 2 is 1.94 bits per heavy atom. The second-order valence-corrected chi connectivity index (χ2v) is 5.66. The van der Waals surface area contributed by atoms with E-state index in [0.29, 0.717) is 12.5 Å². The Bertz CT molecular complexity index is 444. The van der Waals surface area contributed by atoms with E-state index in [1.807, 2.05) is 24.3 Å². The zero-order chi connectivity index (χ0) is 12.6. The van der Waals surface area contributed by atoms with Gasteiger partial charge >= 0.3 is 0 Å². The average molecular weight is 245 g/mol. The Labute approximate surface area is 107 Å². The highest BCUT2D eigenvalue weighted by Gasteiger charge is 2.34. The number of rotatable bonds is 5. The van der Waals surface area contributed by atoms with Crippen molar-refractivity contribution in [2.24, 2.45) is 5.73 Å². The van der Waals surface area contributed by atoms with E-state index in [9.17, 15) is 4.79 Å². The van der Waals surface area contributed by atoms with E-state index in [0.717, 1.165) is 43.4 Å². The van der Waals surface area contributed by atoms with Gasteiger partial charge in [0.25, 0.3) is 0 Å². The van der Waals surface area contributed by atoms with E-state index in [-0.39, 0.29) is 11.3 Å². The van der Waals surface area contributed by atoms with Gasteiger partial charge in [0, 0.05) is 17.5 Å². The summed E-state index contributed by atoms with van der Waals surface area (Å²) >= 11 is 0. The third-order valence-corrected chi connectivity index (χ3v) is 3.87. The molecule has 2 saturated carbocycles. The fourth-order valence-corrected chi connectivity index (χ4v) is 2.33. The molecule has 2 N–H and O–H groups in total. The molecule has 0 saturated heterocycles. The van der Waals surface area contributed by atoms with Gasteiger partial charge in [-0.25, -0.2) is 0 Å². The van der Waals surface area contributed by atoms with Gasteiger partial charge in [0.05, 0.1) is 6.10 Å². The van der Waals surface area contributed by atoms with Crippen molar-refractivity contribution in [2.45, 2.75) is 50.2 Å². The smallest absolute Gasteiger partial charge is 0.164 e. The predicted molar refractivity (Wildman–Crippen MR) is 69.8 cm³/mol. The lowest BCUT2D eigenvalue weighted by molar-refractivity contribution is 0.0912. The molecule has 2 aliphatic rings. The minimum absolute atomic E-state index is 0.148. The van der Waals surface area contributed by atoms with Gasteiger partial charge in [-0.3, -0.25) is 4.79 Å². The van der Waals surface area contributed by atoms with Crippen molar-refractivity contribution >= 4 is 5.78 Å². The fraction of sp³-hybridized carbons (Fsp3) is 0.533. The summed E-state index contributed by atoms with van der Waals surface area (Å²) in [6.07, 6.45) is 6.26. The topological polar surface area (TPSA) is 52.3 Å². The Hall–Kier alpha value is -1.35. The van der Waals surface area contributed by atoms with Crippen LogP contribution >= 0.6 is 0 Å². The van der Waals surface area contributed by atoms with Crippen LogP contribution in [0.25, 0.3) is 0 Å². The molecule has 3 heteroatoms. The van der Waals surface area contributed by atoms with Crippen LogP contribution in [0.15, 0.2) is 24.3 Å². The van der Waals surface area contributed by atoms with E-state index >= 15 is 0 Å². The van der Waals surface area contributed by atoms with E-state index in [4.69, 9.17) is 10.5 Å². The molecule has 96 valence electrons. The SMILES string of the molecule is NC1(CC(=O)c2ccc(OC3CC3)cc2)CCC1. The molecule has 3 nitrogen and oxygen atoms in total. The summed E-state index contributed by atoms with van der Waals surface area (Å²) in [5.74, 6) is 1.01. The molecular formula is C15H19NO2. The second-order valence-electron chi connectivity index (χ2n) is 5.66. The number of carbonyl (C=O) groups excluding carboxylic acids is 1. The van der Waals surface area contributed by atoms with E-state index < -0.39 is 0 Å². The Morgan fingerprint density at radius 1 is 1.28 bits per heavy atom. The van der Waals surface area contributed by atoms with Gasteiger partial charge in [0.2, 0.25) is 0 Å². The number of ketones is 1. The molecule has 0 bridgehead atoms. The first kappa shape index (κ1) is 11.7. The van der Waals surface area contributed by atoms with E-state index in [1.54, 1.807) is 0 Å². The van der Waals surface area contributed by atoms with Crippen molar-refractivity contribution in [3.63, 3.8) is 0 Å². The number of hydrogen-bond donors (Lipinski definition) is 1. The minimum atomic E-state index is -0.236. The summed E-state index contributed by atoms with van der Waals surface area (Å²) in [6, 6.07) is 7.47. The number of carbonyl (C=O) groups is 1. The number of nitrogens with two attached hydrogens (primary N) is 1. The maximum atomic E-state index is 12.1. The van der Waals surface area contributed by atoms with Gasteiger partial charge in [-0.2, -0.15) is 0 Å². The molecule has 0 radical (unpaired) electrons. The van der Waals surface area contributed by atoms with Gasteiger partial charge < -0.3 is 10.5 Å². The molecule has 0 heterocycles. The largest absolute Gasteiger partial charge is 0.490 e. The van der Waals surface area contributed by atoms with Gasteiger partial charge in [0.1, 0.15) is 5.75 Å². The van der Waals surface area contributed by atoms with Gasteiger partial charge in [-0.05, 0) is 56.4 Å². The molecule has 0 atom stereocenters. The highest BCUT2D eigenvalue weighted by molar-refractivity contribution is 5.97. The molecular weight excluding hydrogens is 226 g/mol. The molecule has 0 amide bonds. The highest BCUT2D eigenvalue weighted by atomic mass is 16.5. The van der Waals surface area contributed by atoms with Crippen LogP contribution in [0.2, 0.25) is 0 Å². The summed E-state index contributed by atoms with van der Waals surface area (Å²) < 4.78 is 5.66. The number of Topliss-reactive ketones (excluding diaryl/α,β-unsaturated/α-hetero) is 1. The first-order valence-corrected chi connectivity index (χ1v) is 6.73. The molecule has 2 fully saturated rings. The van der Waals surface area contributed by atoms with Crippen molar-refractivity contribution in [2.75, 3.05) is 0 Å². The normalized spacial score (nSPS) is 21.2. The van der Waals surface area contributed by atoms with Crippen molar-refractivity contribution in [1.29, 1.82) is 0 Å². The highest BCUT2D eigenvalue weighted by Crippen LogP contribution is 2.33. The van der Waals surface area contributed by atoms with Crippen molar-refractivity contribution in [3.05, 3.63) is 29.8 Å². The number of ether oxygens (including phenoxy) is 1. The summed E-state index contributed by atoms with van der Waals surface area (Å²) in [4.78, 5) is 12.1. The predicted octanol–water partition coefficient (Wildman–Crippen LogP) is 2.68. The number of benzene rings is 1. The molecule has 0 aromatic heterocycles. The summed E-state index contributed by atoms with van der Waals surface area (Å²) in [5, 5.41) is 0. The lowest BCUT2D eigenvalue weighted by atomic mass is 9.74. The molecule has 1 aromatic rings. The third-order valence-electron chi connectivity index (χ3n) is 3.87. The van der Waals surface area contributed by atoms with E-state index in [2.05, 4.69) is 0 Å². The first-order chi connectivity index (χ1) is 8.65. The quantitative estimate of drug-likeness (QED) is 0.811. The molecule has 18 heavy (non-hydrogen) atoms. The fourth-order valence-electron chi connectivity index (χ4n) is 2.33. The Kier molecular flexibility index (Phi) is 2.86. The van der Waals surface area contributed by atoms with Gasteiger partial charge in [0.15, 0.2) is 5.78 Å². The van der Waals surface area contributed by atoms with Crippen LogP contribution in [0, 0.1) is 0 Å². The second kappa shape index (κ2) is 4.39. The summed E-state index contributed by atoms with van der Waals surface area (Å²) in [6.45, 7) is 0. The van der Waals surface area contributed by atoms with Crippen molar-refractivity contribution in [3.8, 4) is 5.75 Å². The van der Waals surface area contributed by atoms with Crippen LogP contribution in [0.4, 0.5) is 0 Å². The van der Waals surface area contributed by atoms with Crippen molar-refractivity contribution in [1.82, 2.24) is 0 Å². The molecule has 0 unspecified atom stereocenters. The summed E-state index contributed by atoms with van der Waals surface area (Å²) in [5.41, 5.74) is 6.61. The standard InChI is InChI=1S/C15H19NO2/c16-15(8-1-9-15)10-14(17)11-2-4-12(5-3-11)18-13-6-7-13/h2-5,13H,1,6-10,16H2. The molecule has 0 spiro atoms. The maximum absolute atomic E-state index is 12.1. The van der Waals surface area contributed by atoms with Crippen LogP contribution in [0.5, 0.6) is 5.75 Å². The van der Waals surface area contributed by atoms with Crippen LogP contribution in [0.1, 0.15) is 48.9 Å². The van der Waals surface area contributed by atoms with Crippen LogP contribution < -0.4 is 10.5 Å². The Morgan fingerprint density at radius 3 is 2.44 bits per heavy atom. The monoisotopic (exact) mass is 245 g/mol. The van der Waals surface area contributed by atoms with Crippen LogP contribution in [0.3, 0.4) is 0 Å². The van der Waals surface area contributed by atoms with Gasteiger partial charge in [-0.1, -0.05) is 0 Å². The molecule has 2 aliphatic carbocycles. The maximum Gasteiger partial charge on any atom is 0.164 e. The molecule has 1 aromatic carbocycles. The molecule has 3 rings (SSSR count). The van der Waals surface area contributed by atoms with Crippen LogP contribution in [-0.2, 0) is 0 Å². The van der Waals surface area contributed by atoms with Crippen molar-refractivity contribution < 1.29 is 9.53 Å². The van der Waals surface area contributed by atoms with Gasteiger partial charge in [-0.15, -0.1) is 0 Å². The molecule has 0 aliphatic heterocycles. The van der Waals surface area contributed by atoms with E-state index in [1.165, 1.54) is 0 Å². The zero-order valence-electron chi connectivity index (χ0n) is 10.5. The lowest BCUT2D eigenvalue weighted by Crippen LogP contribution is -2.48.